The van der Waals surface area contributed by atoms with Crippen molar-refractivity contribution in [2.24, 2.45) is 0 Å². The van der Waals surface area contributed by atoms with Gasteiger partial charge in [0.15, 0.2) is 0 Å². The van der Waals surface area contributed by atoms with E-state index in [1.165, 1.54) is 12.2 Å². The van der Waals surface area contributed by atoms with Crippen molar-refractivity contribution < 1.29 is 19.8 Å². The second kappa shape index (κ2) is 5.22. The Bertz CT molecular complexity index is 180. The molecule has 0 bridgehead atoms. The first-order valence-corrected chi connectivity index (χ1v) is 2.92. The molecule has 4 nitrogen and oxygen atoms in total. The van der Waals surface area contributed by atoms with Crippen molar-refractivity contribution in [2.45, 2.75) is 6.42 Å². The number of carboxylic acids is 2. The molecule has 0 spiro atoms. The van der Waals surface area contributed by atoms with Crippen LogP contribution < -0.4 is 0 Å². The van der Waals surface area contributed by atoms with Gasteiger partial charge < -0.3 is 10.2 Å². The summed E-state index contributed by atoms with van der Waals surface area (Å²) < 4.78 is 0. The maximum atomic E-state index is 9.87. The molecule has 0 saturated carbocycles. The molecule has 60 valence electrons. The zero-order chi connectivity index (χ0) is 8.69. The van der Waals surface area contributed by atoms with Crippen molar-refractivity contribution in [3.63, 3.8) is 0 Å². The molecule has 0 fully saturated rings. The van der Waals surface area contributed by atoms with Gasteiger partial charge in [0.05, 0.1) is 0 Å². The third-order valence-electron chi connectivity index (χ3n) is 0.793. The van der Waals surface area contributed by atoms with Gasteiger partial charge in [0.2, 0.25) is 0 Å². The van der Waals surface area contributed by atoms with Crippen LogP contribution in [-0.2, 0) is 9.59 Å². The second-order valence-corrected chi connectivity index (χ2v) is 1.72. The number of hydrogen-bond donors (Lipinski definition) is 2. The second-order valence-electron chi connectivity index (χ2n) is 1.72. The van der Waals surface area contributed by atoms with Crippen LogP contribution in [-0.4, -0.2) is 22.2 Å². The van der Waals surface area contributed by atoms with Crippen LogP contribution in [0.2, 0.25) is 0 Å². The lowest BCUT2D eigenvalue weighted by molar-refractivity contribution is -0.132. The highest BCUT2D eigenvalue weighted by atomic mass is 16.4. The lowest BCUT2D eigenvalue weighted by Gasteiger charge is -1.79. The predicted molar refractivity (Wildman–Crippen MR) is 38.2 cm³/mol. The molecule has 4 heteroatoms. The van der Waals surface area contributed by atoms with Crippen LogP contribution in [0, 0.1) is 0 Å². The normalized spacial score (nSPS) is 10.9. The van der Waals surface area contributed by atoms with Crippen LogP contribution >= 0.6 is 0 Å². The fraction of sp³-hybridized carbons (Fsp3) is 0.143. The average Bonchev–Trinajstić information content (AvgIpc) is 1.85. The maximum absolute atomic E-state index is 9.87. The van der Waals surface area contributed by atoms with Crippen LogP contribution in [0.5, 0.6) is 0 Å². The summed E-state index contributed by atoms with van der Waals surface area (Å²) in [5.74, 6) is -2.07. The molecule has 0 rings (SSSR count). The Morgan fingerprint density at radius 1 is 1.00 bits per heavy atom. The number of aliphatic carboxylic acids is 2. The van der Waals surface area contributed by atoms with E-state index in [4.69, 9.17) is 10.2 Å². The summed E-state index contributed by atoms with van der Waals surface area (Å²) in [6.45, 7) is 0. The predicted octanol–water partition coefficient (Wildman–Crippen LogP) is 0.658. The summed E-state index contributed by atoms with van der Waals surface area (Å²) in [5, 5.41) is 16.2. The van der Waals surface area contributed by atoms with Crippen molar-refractivity contribution in [3.05, 3.63) is 24.3 Å². The van der Waals surface area contributed by atoms with Gasteiger partial charge in [-0.15, -0.1) is 0 Å². The monoisotopic (exact) mass is 156 g/mol. The minimum Gasteiger partial charge on any atom is -0.478 e. The van der Waals surface area contributed by atoms with E-state index in [0.717, 1.165) is 12.2 Å². The fourth-order valence-corrected chi connectivity index (χ4v) is 0.416. The SMILES string of the molecule is O=C(O)C=CCC=CC(=O)O. The van der Waals surface area contributed by atoms with Crippen molar-refractivity contribution in [2.75, 3.05) is 0 Å². The van der Waals surface area contributed by atoms with Gasteiger partial charge in [-0.1, -0.05) is 12.2 Å². The highest BCUT2D eigenvalue weighted by Gasteiger charge is 1.84. The smallest absolute Gasteiger partial charge is 0.327 e. The van der Waals surface area contributed by atoms with Gasteiger partial charge in [-0.3, -0.25) is 0 Å². The molecule has 0 radical (unpaired) electrons. The molecule has 0 aliphatic rings. The van der Waals surface area contributed by atoms with Crippen LogP contribution in [0.1, 0.15) is 6.42 Å². The lowest BCUT2D eigenvalue weighted by atomic mass is 10.3. The van der Waals surface area contributed by atoms with Gasteiger partial charge in [-0.2, -0.15) is 0 Å². The van der Waals surface area contributed by atoms with E-state index in [2.05, 4.69) is 0 Å². The van der Waals surface area contributed by atoms with Gasteiger partial charge in [0, 0.05) is 12.2 Å². The standard InChI is InChI=1S/C7H8O4/c8-6(9)4-2-1-3-5-7(10)11/h2-5H,1H2,(H,8,9)(H,10,11). The van der Waals surface area contributed by atoms with Crippen LogP contribution in [0.15, 0.2) is 24.3 Å². The van der Waals surface area contributed by atoms with Crippen molar-refractivity contribution in [3.8, 4) is 0 Å². The van der Waals surface area contributed by atoms with Gasteiger partial charge in [-0.05, 0) is 6.42 Å². The zero-order valence-electron chi connectivity index (χ0n) is 5.73. The minimum absolute atomic E-state index is 0.318. The molecule has 11 heavy (non-hydrogen) atoms. The minimum atomic E-state index is -1.03. The Kier molecular flexibility index (Phi) is 4.47. The van der Waals surface area contributed by atoms with Gasteiger partial charge in [0.1, 0.15) is 0 Å². The molecule has 0 aromatic rings. The number of carboxylic acid groups (broad SMARTS) is 2. The third-order valence-corrected chi connectivity index (χ3v) is 0.793. The molecule has 0 saturated heterocycles. The molecule has 0 aromatic carbocycles. The summed E-state index contributed by atoms with van der Waals surface area (Å²) in [5.41, 5.74) is 0. The Hall–Kier alpha value is -1.58. The van der Waals surface area contributed by atoms with Crippen molar-refractivity contribution >= 4 is 11.9 Å². The number of allylic oxidation sites excluding steroid dienone is 2. The van der Waals surface area contributed by atoms with E-state index in [0.29, 0.717) is 6.42 Å². The Labute approximate surface area is 63.5 Å². The van der Waals surface area contributed by atoms with Crippen LogP contribution in [0.3, 0.4) is 0 Å². The molecule has 0 amide bonds. The molecule has 0 aromatic heterocycles. The number of rotatable bonds is 4. The highest BCUT2D eigenvalue weighted by molar-refractivity contribution is 5.80. The van der Waals surface area contributed by atoms with E-state index in [9.17, 15) is 9.59 Å². The molecule has 2 N–H and O–H groups in total. The molecule has 0 unspecified atom stereocenters. The van der Waals surface area contributed by atoms with E-state index in [1.54, 1.807) is 0 Å². The first-order chi connectivity index (χ1) is 5.13. The van der Waals surface area contributed by atoms with Gasteiger partial charge in [-0.25, -0.2) is 9.59 Å². The van der Waals surface area contributed by atoms with Crippen LogP contribution in [0.4, 0.5) is 0 Å². The summed E-state index contributed by atoms with van der Waals surface area (Å²) >= 11 is 0. The molecular weight excluding hydrogens is 148 g/mol. The summed E-state index contributed by atoms with van der Waals surface area (Å²) in [6.07, 6.45) is 4.97. The number of carbonyl (C=O) groups is 2. The average molecular weight is 156 g/mol. The largest absolute Gasteiger partial charge is 0.478 e. The van der Waals surface area contributed by atoms with E-state index >= 15 is 0 Å². The van der Waals surface area contributed by atoms with E-state index in [1.807, 2.05) is 0 Å². The van der Waals surface area contributed by atoms with Crippen molar-refractivity contribution in [1.29, 1.82) is 0 Å². The molecule has 0 atom stereocenters. The Morgan fingerprint density at radius 3 is 1.64 bits per heavy atom. The first-order valence-electron chi connectivity index (χ1n) is 2.92. The van der Waals surface area contributed by atoms with E-state index < -0.39 is 11.9 Å². The van der Waals surface area contributed by atoms with Gasteiger partial charge in [0.25, 0.3) is 0 Å². The summed E-state index contributed by atoms with van der Waals surface area (Å²) in [7, 11) is 0. The molecule has 0 heterocycles. The maximum Gasteiger partial charge on any atom is 0.327 e. The highest BCUT2D eigenvalue weighted by Crippen LogP contribution is 1.85. The number of hydrogen-bond acceptors (Lipinski definition) is 2. The Morgan fingerprint density at radius 2 is 1.36 bits per heavy atom. The quantitative estimate of drug-likeness (QED) is 0.586. The van der Waals surface area contributed by atoms with E-state index in [-0.39, 0.29) is 0 Å². The van der Waals surface area contributed by atoms with Crippen molar-refractivity contribution in [1.82, 2.24) is 0 Å². The topological polar surface area (TPSA) is 74.6 Å². The van der Waals surface area contributed by atoms with Crippen LogP contribution in [0.25, 0.3) is 0 Å². The Balaban J connectivity index is 3.57. The lowest BCUT2D eigenvalue weighted by Crippen LogP contribution is -1.86. The molecule has 0 aliphatic heterocycles. The summed E-state index contributed by atoms with van der Waals surface area (Å²) in [4.78, 5) is 19.7. The fourth-order valence-electron chi connectivity index (χ4n) is 0.416. The van der Waals surface area contributed by atoms with Gasteiger partial charge >= 0.3 is 11.9 Å². The summed E-state index contributed by atoms with van der Waals surface area (Å²) in [6, 6.07) is 0. The first kappa shape index (κ1) is 9.42. The zero-order valence-corrected chi connectivity index (χ0v) is 5.73. The third kappa shape index (κ3) is 8.42. The molecule has 0 aliphatic carbocycles. The molecular formula is C7H8O4.